The molecule has 3 rings (SSSR count). The fourth-order valence-electron chi connectivity index (χ4n) is 3.40. The molecule has 6 nitrogen and oxygen atoms in total. The standard InChI is InChI=1S/C24H29ClN2O4/c1-18-4-8-21(9-5-18)30-16-2-3-23(28)26-20-12-14-27(15-13-20)24(29)17-31-22-10-6-19(25)7-11-22/h4-11,20H,2-3,12-17H2,1H3,(H,26,28). The summed E-state index contributed by atoms with van der Waals surface area (Å²) in [5.74, 6) is 1.42. The highest BCUT2D eigenvalue weighted by Gasteiger charge is 2.24. The van der Waals surface area contributed by atoms with Crippen LogP contribution in [0.1, 0.15) is 31.2 Å². The Labute approximate surface area is 188 Å². The number of likely N-dealkylation sites (tertiary alicyclic amines) is 1. The average molecular weight is 445 g/mol. The van der Waals surface area contributed by atoms with Gasteiger partial charge in [0.1, 0.15) is 11.5 Å². The van der Waals surface area contributed by atoms with Crippen LogP contribution in [0.5, 0.6) is 11.5 Å². The van der Waals surface area contributed by atoms with Crippen molar-refractivity contribution < 1.29 is 19.1 Å². The minimum absolute atomic E-state index is 0.000356. The lowest BCUT2D eigenvalue weighted by molar-refractivity contribution is -0.134. The van der Waals surface area contributed by atoms with Gasteiger partial charge in [-0.3, -0.25) is 9.59 Å². The molecule has 0 saturated carbocycles. The topological polar surface area (TPSA) is 67.9 Å². The second-order valence-electron chi connectivity index (χ2n) is 7.73. The van der Waals surface area contributed by atoms with Gasteiger partial charge >= 0.3 is 0 Å². The summed E-state index contributed by atoms with van der Waals surface area (Å²) in [6.45, 7) is 3.77. The number of benzene rings is 2. The maximum absolute atomic E-state index is 12.4. The molecule has 1 fully saturated rings. The lowest BCUT2D eigenvalue weighted by Crippen LogP contribution is -2.47. The number of halogens is 1. The Kier molecular flexibility index (Phi) is 8.59. The van der Waals surface area contributed by atoms with Crippen LogP contribution in [-0.4, -0.2) is 49.1 Å². The Bertz CT molecular complexity index is 847. The zero-order valence-electron chi connectivity index (χ0n) is 17.8. The first-order valence-corrected chi connectivity index (χ1v) is 11.0. The van der Waals surface area contributed by atoms with Crippen LogP contribution in [0.25, 0.3) is 0 Å². The quantitative estimate of drug-likeness (QED) is 0.594. The van der Waals surface area contributed by atoms with Crippen LogP contribution in [0.2, 0.25) is 5.02 Å². The molecule has 0 aliphatic carbocycles. The summed E-state index contributed by atoms with van der Waals surface area (Å²) in [6, 6.07) is 14.9. The Morgan fingerprint density at radius 2 is 1.61 bits per heavy atom. The van der Waals surface area contributed by atoms with Crippen LogP contribution in [0.4, 0.5) is 0 Å². The fourth-order valence-corrected chi connectivity index (χ4v) is 3.52. The number of carbonyl (C=O) groups is 2. The first-order chi connectivity index (χ1) is 15.0. The number of nitrogens with one attached hydrogen (secondary N) is 1. The van der Waals surface area contributed by atoms with Crippen molar-refractivity contribution in [2.75, 3.05) is 26.3 Å². The Morgan fingerprint density at radius 3 is 2.29 bits per heavy atom. The van der Waals surface area contributed by atoms with Gasteiger partial charge in [0, 0.05) is 30.6 Å². The molecule has 1 aliphatic rings. The molecule has 0 unspecified atom stereocenters. The summed E-state index contributed by atoms with van der Waals surface area (Å²) in [4.78, 5) is 26.3. The van der Waals surface area contributed by atoms with Crippen molar-refractivity contribution in [2.24, 2.45) is 0 Å². The highest BCUT2D eigenvalue weighted by Crippen LogP contribution is 2.16. The molecule has 2 amide bonds. The highest BCUT2D eigenvalue weighted by molar-refractivity contribution is 6.30. The van der Waals surface area contributed by atoms with Crippen molar-refractivity contribution in [2.45, 2.75) is 38.6 Å². The molecule has 166 valence electrons. The van der Waals surface area contributed by atoms with Crippen LogP contribution >= 0.6 is 11.6 Å². The number of carbonyl (C=O) groups excluding carboxylic acids is 2. The smallest absolute Gasteiger partial charge is 0.260 e. The number of nitrogens with zero attached hydrogens (tertiary/aromatic N) is 1. The molecular weight excluding hydrogens is 416 g/mol. The molecule has 0 atom stereocenters. The fraction of sp³-hybridized carbons (Fsp3) is 0.417. The van der Waals surface area contributed by atoms with Gasteiger partial charge in [-0.2, -0.15) is 0 Å². The van der Waals surface area contributed by atoms with E-state index >= 15 is 0 Å². The van der Waals surface area contributed by atoms with E-state index in [9.17, 15) is 9.59 Å². The normalized spacial score (nSPS) is 14.2. The van der Waals surface area contributed by atoms with E-state index in [2.05, 4.69) is 5.32 Å². The zero-order valence-corrected chi connectivity index (χ0v) is 18.6. The molecule has 0 bridgehead atoms. The summed E-state index contributed by atoms with van der Waals surface area (Å²) in [6.07, 6.45) is 2.59. The van der Waals surface area contributed by atoms with E-state index in [0.29, 0.717) is 43.3 Å². The lowest BCUT2D eigenvalue weighted by atomic mass is 10.0. The SMILES string of the molecule is Cc1ccc(OCCCC(=O)NC2CCN(C(=O)COc3ccc(Cl)cc3)CC2)cc1. The molecule has 2 aromatic rings. The van der Waals surface area contributed by atoms with Crippen molar-refractivity contribution >= 4 is 23.4 Å². The van der Waals surface area contributed by atoms with Gasteiger partial charge in [-0.1, -0.05) is 29.3 Å². The third-order valence-corrected chi connectivity index (χ3v) is 5.48. The second kappa shape index (κ2) is 11.6. The Hall–Kier alpha value is -2.73. The van der Waals surface area contributed by atoms with E-state index in [1.807, 2.05) is 31.2 Å². The molecule has 31 heavy (non-hydrogen) atoms. The molecule has 0 spiro atoms. The third kappa shape index (κ3) is 7.79. The molecule has 1 heterocycles. The Morgan fingerprint density at radius 1 is 1.00 bits per heavy atom. The van der Waals surface area contributed by atoms with E-state index in [0.717, 1.165) is 18.6 Å². The highest BCUT2D eigenvalue weighted by atomic mass is 35.5. The van der Waals surface area contributed by atoms with Crippen molar-refractivity contribution in [1.82, 2.24) is 10.2 Å². The van der Waals surface area contributed by atoms with Gasteiger partial charge in [-0.05, 0) is 62.6 Å². The van der Waals surface area contributed by atoms with Gasteiger partial charge in [0.25, 0.3) is 5.91 Å². The number of amides is 2. The van der Waals surface area contributed by atoms with E-state index in [-0.39, 0.29) is 24.5 Å². The van der Waals surface area contributed by atoms with Gasteiger partial charge < -0.3 is 19.7 Å². The maximum Gasteiger partial charge on any atom is 0.260 e. The van der Waals surface area contributed by atoms with E-state index in [1.165, 1.54) is 5.56 Å². The predicted molar refractivity (Wildman–Crippen MR) is 121 cm³/mol. The molecule has 7 heteroatoms. The average Bonchev–Trinajstić information content (AvgIpc) is 2.78. The number of aryl methyl sites for hydroxylation is 1. The summed E-state index contributed by atoms with van der Waals surface area (Å²) >= 11 is 5.84. The van der Waals surface area contributed by atoms with E-state index in [1.54, 1.807) is 29.2 Å². The number of hydrogen-bond donors (Lipinski definition) is 1. The molecule has 2 aromatic carbocycles. The summed E-state index contributed by atoms with van der Waals surface area (Å²) in [5.41, 5.74) is 1.19. The first kappa shape index (κ1) is 22.9. The van der Waals surface area contributed by atoms with Gasteiger partial charge in [-0.25, -0.2) is 0 Å². The van der Waals surface area contributed by atoms with Gasteiger partial charge in [0.05, 0.1) is 6.61 Å². The van der Waals surface area contributed by atoms with Crippen molar-refractivity contribution in [3.05, 3.63) is 59.1 Å². The monoisotopic (exact) mass is 444 g/mol. The molecule has 1 aliphatic heterocycles. The molecule has 1 saturated heterocycles. The number of ether oxygens (including phenoxy) is 2. The minimum Gasteiger partial charge on any atom is -0.494 e. The number of piperidine rings is 1. The molecule has 1 N–H and O–H groups in total. The molecule has 0 aromatic heterocycles. The number of rotatable bonds is 9. The van der Waals surface area contributed by atoms with Crippen LogP contribution in [0.3, 0.4) is 0 Å². The third-order valence-electron chi connectivity index (χ3n) is 5.23. The lowest BCUT2D eigenvalue weighted by Gasteiger charge is -2.32. The minimum atomic E-state index is -0.0482. The first-order valence-electron chi connectivity index (χ1n) is 10.6. The predicted octanol–water partition coefficient (Wildman–Crippen LogP) is 3.99. The van der Waals surface area contributed by atoms with Gasteiger partial charge in [0.2, 0.25) is 5.91 Å². The summed E-state index contributed by atoms with van der Waals surface area (Å²) < 4.78 is 11.2. The summed E-state index contributed by atoms with van der Waals surface area (Å²) in [7, 11) is 0. The number of hydrogen-bond acceptors (Lipinski definition) is 4. The maximum atomic E-state index is 12.4. The van der Waals surface area contributed by atoms with E-state index in [4.69, 9.17) is 21.1 Å². The molecular formula is C24H29ClN2O4. The van der Waals surface area contributed by atoms with Crippen LogP contribution in [-0.2, 0) is 9.59 Å². The van der Waals surface area contributed by atoms with Gasteiger partial charge in [0.15, 0.2) is 6.61 Å². The summed E-state index contributed by atoms with van der Waals surface area (Å²) in [5, 5.41) is 3.70. The Balaban J connectivity index is 1.28. The van der Waals surface area contributed by atoms with Crippen LogP contribution in [0.15, 0.2) is 48.5 Å². The van der Waals surface area contributed by atoms with Crippen LogP contribution in [0, 0.1) is 6.92 Å². The molecule has 0 radical (unpaired) electrons. The van der Waals surface area contributed by atoms with Crippen molar-refractivity contribution in [1.29, 1.82) is 0 Å². The second-order valence-corrected chi connectivity index (χ2v) is 8.17. The van der Waals surface area contributed by atoms with Crippen LogP contribution < -0.4 is 14.8 Å². The van der Waals surface area contributed by atoms with E-state index < -0.39 is 0 Å². The van der Waals surface area contributed by atoms with Gasteiger partial charge in [-0.15, -0.1) is 0 Å². The van der Waals surface area contributed by atoms with Crippen molar-refractivity contribution in [3.8, 4) is 11.5 Å². The van der Waals surface area contributed by atoms with Crippen molar-refractivity contribution in [3.63, 3.8) is 0 Å². The largest absolute Gasteiger partial charge is 0.494 e. The zero-order chi connectivity index (χ0) is 22.1.